The van der Waals surface area contributed by atoms with E-state index in [0.29, 0.717) is 11.4 Å². The van der Waals surface area contributed by atoms with Crippen molar-refractivity contribution in [3.63, 3.8) is 0 Å². The molecule has 30 heavy (non-hydrogen) atoms. The number of guanidine groups is 1. The van der Waals surface area contributed by atoms with Crippen LogP contribution in [0.1, 0.15) is 30.4 Å². The lowest BCUT2D eigenvalue weighted by Gasteiger charge is -2.29. The molecule has 2 aliphatic rings. The van der Waals surface area contributed by atoms with E-state index < -0.39 is 10.0 Å². The fourth-order valence-electron chi connectivity index (χ4n) is 3.56. The molecule has 0 radical (unpaired) electrons. The molecule has 2 aromatic carbocycles. The van der Waals surface area contributed by atoms with Crippen LogP contribution < -0.4 is 10.0 Å². The van der Waals surface area contributed by atoms with E-state index in [9.17, 15) is 8.42 Å². The van der Waals surface area contributed by atoms with Crippen LogP contribution in [0.3, 0.4) is 0 Å². The third-order valence-electron chi connectivity index (χ3n) is 5.45. The fraction of sp³-hybridized carbons (Fsp3) is 0.348. The zero-order valence-corrected chi connectivity index (χ0v) is 18.0. The van der Waals surface area contributed by atoms with Crippen molar-refractivity contribution in [2.75, 3.05) is 20.1 Å². The number of nitrogens with zero attached hydrogens (tertiary/aromatic N) is 2. The minimum absolute atomic E-state index is 0.112. The van der Waals surface area contributed by atoms with Gasteiger partial charge in [0.05, 0.1) is 4.90 Å². The summed E-state index contributed by atoms with van der Waals surface area (Å²) in [6, 6.07) is 17.6. The molecule has 7 heteroatoms. The Kier molecular flexibility index (Phi) is 6.20. The van der Waals surface area contributed by atoms with Gasteiger partial charge in [-0.15, -0.1) is 0 Å². The first-order valence-electron chi connectivity index (χ1n) is 10.4. The maximum absolute atomic E-state index is 12.3. The molecule has 6 nitrogen and oxygen atoms in total. The molecule has 1 heterocycles. The highest BCUT2D eigenvalue weighted by atomic mass is 32.2. The first-order valence-corrected chi connectivity index (χ1v) is 11.8. The number of sulfonamides is 1. The van der Waals surface area contributed by atoms with Gasteiger partial charge >= 0.3 is 0 Å². The van der Waals surface area contributed by atoms with Crippen LogP contribution in [-0.2, 0) is 16.6 Å². The minimum atomic E-state index is -3.40. The fourth-order valence-corrected chi connectivity index (χ4v) is 4.87. The highest BCUT2D eigenvalue weighted by molar-refractivity contribution is 7.89. The van der Waals surface area contributed by atoms with Crippen LogP contribution in [0.2, 0.25) is 0 Å². The highest BCUT2D eigenvalue weighted by Crippen LogP contribution is 2.23. The van der Waals surface area contributed by atoms with Gasteiger partial charge in [-0.2, -0.15) is 0 Å². The number of aliphatic imine (C=N–C) groups is 1. The van der Waals surface area contributed by atoms with E-state index in [1.54, 1.807) is 19.2 Å². The monoisotopic (exact) mass is 424 g/mol. The van der Waals surface area contributed by atoms with Crippen molar-refractivity contribution in [2.24, 2.45) is 4.99 Å². The van der Waals surface area contributed by atoms with Crippen LogP contribution in [-0.4, -0.2) is 45.5 Å². The molecule has 0 amide bonds. The summed E-state index contributed by atoms with van der Waals surface area (Å²) in [6.45, 7) is 2.31. The largest absolute Gasteiger partial charge is 0.352 e. The van der Waals surface area contributed by atoms with Crippen molar-refractivity contribution in [3.8, 4) is 0 Å². The normalized spacial score (nSPS) is 17.6. The average molecular weight is 425 g/mol. The molecule has 0 atom stereocenters. The van der Waals surface area contributed by atoms with E-state index in [1.165, 1.54) is 11.1 Å². The van der Waals surface area contributed by atoms with E-state index in [0.717, 1.165) is 43.9 Å². The van der Waals surface area contributed by atoms with Crippen LogP contribution in [0.15, 0.2) is 70.6 Å². The summed E-state index contributed by atoms with van der Waals surface area (Å²) in [4.78, 5) is 6.96. The summed E-state index contributed by atoms with van der Waals surface area (Å²) in [5.74, 6) is 0.852. The van der Waals surface area contributed by atoms with Crippen LogP contribution in [0.25, 0.3) is 5.57 Å². The second-order valence-electron chi connectivity index (χ2n) is 7.73. The summed E-state index contributed by atoms with van der Waals surface area (Å²) < 4.78 is 27.3. The molecule has 1 fully saturated rings. The lowest BCUT2D eigenvalue weighted by molar-refractivity contribution is 0.440. The summed E-state index contributed by atoms with van der Waals surface area (Å²) in [5.41, 5.74) is 3.67. The number of benzene rings is 2. The standard InChI is InChI=1S/C23H28N4O2S/c1-24-23(27-15-13-20(14-16-27)19-5-3-2-4-6-19)25-17-18-7-11-22(12-8-18)30(28,29)26-21-9-10-21/h2-8,11-13,21,26H,9-10,14-17H2,1H3,(H,24,25). The summed E-state index contributed by atoms with van der Waals surface area (Å²) in [7, 11) is -1.61. The zero-order chi connectivity index (χ0) is 21.0. The number of rotatable bonds is 6. The Morgan fingerprint density at radius 1 is 1.10 bits per heavy atom. The predicted octanol–water partition coefficient (Wildman–Crippen LogP) is 2.99. The van der Waals surface area contributed by atoms with Gasteiger partial charge < -0.3 is 10.2 Å². The quantitative estimate of drug-likeness (QED) is 0.552. The second kappa shape index (κ2) is 9.02. The van der Waals surface area contributed by atoms with Crippen molar-refractivity contribution in [3.05, 3.63) is 71.8 Å². The Morgan fingerprint density at radius 3 is 2.43 bits per heavy atom. The molecule has 0 spiro atoms. The van der Waals surface area contributed by atoms with Gasteiger partial charge in [-0.1, -0.05) is 48.5 Å². The van der Waals surface area contributed by atoms with Gasteiger partial charge in [-0.25, -0.2) is 13.1 Å². The molecule has 2 aromatic rings. The van der Waals surface area contributed by atoms with Crippen molar-refractivity contribution < 1.29 is 8.42 Å². The Balaban J connectivity index is 1.33. The van der Waals surface area contributed by atoms with E-state index in [4.69, 9.17) is 0 Å². The van der Waals surface area contributed by atoms with Crippen LogP contribution in [0.4, 0.5) is 0 Å². The molecule has 1 aliphatic carbocycles. The summed E-state index contributed by atoms with van der Waals surface area (Å²) in [5, 5.41) is 3.39. The SMILES string of the molecule is CN=C(NCc1ccc(S(=O)(=O)NC2CC2)cc1)N1CC=C(c2ccccc2)CC1. The molecule has 1 saturated carbocycles. The summed E-state index contributed by atoms with van der Waals surface area (Å²) >= 11 is 0. The van der Waals surface area contributed by atoms with Crippen molar-refractivity contribution in [1.29, 1.82) is 0 Å². The molecule has 158 valence electrons. The first kappa shape index (κ1) is 20.6. The van der Waals surface area contributed by atoms with Crippen molar-refractivity contribution in [1.82, 2.24) is 14.9 Å². The van der Waals surface area contributed by atoms with Gasteiger partial charge in [0, 0.05) is 32.7 Å². The molecule has 0 unspecified atom stereocenters. The Bertz CT molecular complexity index is 1030. The molecule has 4 rings (SSSR count). The Morgan fingerprint density at radius 2 is 1.83 bits per heavy atom. The van der Waals surface area contributed by atoms with Gasteiger partial charge in [0.15, 0.2) is 5.96 Å². The molecule has 0 saturated heterocycles. The third kappa shape index (κ3) is 5.09. The molecular weight excluding hydrogens is 396 g/mol. The van der Waals surface area contributed by atoms with Gasteiger partial charge in [-0.05, 0) is 48.1 Å². The van der Waals surface area contributed by atoms with Gasteiger partial charge in [0.1, 0.15) is 0 Å². The second-order valence-corrected chi connectivity index (χ2v) is 9.45. The van der Waals surface area contributed by atoms with Gasteiger partial charge in [0.25, 0.3) is 0 Å². The van der Waals surface area contributed by atoms with E-state index in [-0.39, 0.29) is 6.04 Å². The number of nitrogens with one attached hydrogen (secondary N) is 2. The average Bonchev–Trinajstić information content (AvgIpc) is 3.59. The number of hydrogen-bond donors (Lipinski definition) is 2. The third-order valence-corrected chi connectivity index (χ3v) is 6.98. The van der Waals surface area contributed by atoms with Gasteiger partial charge in [-0.3, -0.25) is 4.99 Å². The molecule has 0 aromatic heterocycles. The Hall–Kier alpha value is -2.64. The van der Waals surface area contributed by atoms with Gasteiger partial charge in [0.2, 0.25) is 10.0 Å². The maximum Gasteiger partial charge on any atom is 0.240 e. The zero-order valence-electron chi connectivity index (χ0n) is 17.2. The summed E-state index contributed by atoms with van der Waals surface area (Å²) in [6.07, 6.45) is 5.10. The molecular formula is C23H28N4O2S. The van der Waals surface area contributed by atoms with Crippen LogP contribution in [0.5, 0.6) is 0 Å². The van der Waals surface area contributed by atoms with E-state index >= 15 is 0 Å². The first-order chi connectivity index (χ1) is 14.5. The van der Waals surface area contributed by atoms with E-state index in [1.807, 2.05) is 18.2 Å². The molecule has 1 aliphatic heterocycles. The Labute approximate surface area is 178 Å². The maximum atomic E-state index is 12.3. The lowest BCUT2D eigenvalue weighted by Crippen LogP contribution is -2.43. The number of hydrogen-bond acceptors (Lipinski definition) is 3. The predicted molar refractivity (Wildman–Crippen MR) is 121 cm³/mol. The highest BCUT2D eigenvalue weighted by Gasteiger charge is 2.27. The smallest absolute Gasteiger partial charge is 0.240 e. The molecule has 0 bridgehead atoms. The van der Waals surface area contributed by atoms with Crippen LogP contribution in [0, 0.1) is 0 Å². The lowest BCUT2D eigenvalue weighted by atomic mass is 10.00. The van der Waals surface area contributed by atoms with Crippen LogP contribution >= 0.6 is 0 Å². The van der Waals surface area contributed by atoms with Crippen molar-refractivity contribution in [2.45, 2.75) is 36.7 Å². The topological polar surface area (TPSA) is 73.8 Å². The van der Waals surface area contributed by atoms with E-state index in [2.05, 4.69) is 50.3 Å². The minimum Gasteiger partial charge on any atom is -0.352 e. The molecule has 2 N–H and O–H groups in total. The van der Waals surface area contributed by atoms with Crippen molar-refractivity contribution >= 4 is 21.6 Å².